The molecule has 0 aliphatic heterocycles. The molecule has 1 amide bonds. The fourth-order valence-corrected chi connectivity index (χ4v) is 1.70. The molecule has 0 unspecified atom stereocenters. The molecule has 7 heteroatoms. The zero-order valence-corrected chi connectivity index (χ0v) is 9.94. The van der Waals surface area contributed by atoms with Gasteiger partial charge in [0, 0.05) is 5.69 Å². The van der Waals surface area contributed by atoms with Crippen LogP contribution in [0.2, 0.25) is 0 Å². The topological polar surface area (TPSA) is 99.8 Å². The Morgan fingerprint density at radius 2 is 2.06 bits per heavy atom. The predicted molar refractivity (Wildman–Crippen MR) is 63.7 cm³/mol. The van der Waals surface area contributed by atoms with E-state index in [1.165, 1.54) is 10.7 Å². The number of primary amides is 1. The third-order valence-corrected chi connectivity index (χ3v) is 2.49. The average Bonchev–Trinajstić information content (AvgIpc) is 2.57. The summed E-state index contributed by atoms with van der Waals surface area (Å²) in [5.41, 5.74) is 10.8. The quantitative estimate of drug-likeness (QED) is 0.765. The highest BCUT2D eigenvalue weighted by molar-refractivity contribution is 5.98. The van der Waals surface area contributed by atoms with Crippen molar-refractivity contribution >= 4 is 11.6 Å². The number of aromatic nitrogens is 3. The molecule has 1 heterocycles. The number of hydrogen-bond donors (Lipinski definition) is 2. The number of rotatable bonds is 2. The zero-order chi connectivity index (χ0) is 13.4. The van der Waals surface area contributed by atoms with Crippen molar-refractivity contribution in [1.82, 2.24) is 14.8 Å². The minimum Gasteiger partial charge on any atom is -0.398 e. The Hall–Kier alpha value is -2.44. The molecule has 0 aliphatic rings. The van der Waals surface area contributed by atoms with Crippen LogP contribution in [-0.2, 0) is 0 Å². The van der Waals surface area contributed by atoms with Crippen molar-refractivity contribution in [2.45, 2.75) is 13.8 Å². The molecule has 0 bridgehead atoms. The Bertz CT molecular complexity index is 635. The van der Waals surface area contributed by atoms with Crippen molar-refractivity contribution in [2.75, 3.05) is 5.73 Å². The Morgan fingerprint density at radius 3 is 2.56 bits per heavy atom. The van der Waals surface area contributed by atoms with E-state index < -0.39 is 11.7 Å². The lowest BCUT2D eigenvalue weighted by atomic mass is 10.1. The average molecular weight is 249 g/mol. The van der Waals surface area contributed by atoms with Gasteiger partial charge in [0.15, 0.2) is 5.82 Å². The van der Waals surface area contributed by atoms with Gasteiger partial charge < -0.3 is 11.5 Å². The van der Waals surface area contributed by atoms with E-state index in [9.17, 15) is 9.18 Å². The third kappa shape index (κ3) is 1.90. The molecule has 0 radical (unpaired) electrons. The largest absolute Gasteiger partial charge is 0.398 e. The molecule has 2 rings (SSSR count). The summed E-state index contributed by atoms with van der Waals surface area (Å²) >= 11 is 0. The van der Waals surface area contributed by atoms with Crippen LogP contribution in [0, 0.1) is 19.7 Å². The number of nitrogen functional groups attached to an aromatic ring is 1. The van der Waals surface area contributed by atoms with Gasteiger partial charge in [-0.15, -0.1) is 0 Å². The second-order valence-corrected chi connectivity index (χ2v) is 3.87. The van der Waals surface area contributed by atoms with Gasteiger partial charge in [-0.1, -0.05) is 0 Å². The Kier molecular flexibility index (Phi) is 2.74. The number of amides is 1. The maximum Gasteiger partial charge on any atom is 0.250 e. The second-order valence-electron chi connectivity index (χ2n) is 3.87. The maximum atomic E-state index is 13.8. The van der Waals surface area contributed by atoms with Gasteiger partial charge in [0.25, 0.3) is 5.91 Å². The molecule has 0 aliphatic carbocycles. The second kappa shape index (κ2) is 4.10. The first-order chi connectivity index (χ1) is 8.40. The molecule has 1 aromatic heterocycles. The summed E-state index contributed by atoms with van der Waals surface area (Å²) in [6, 6.07) is 2.32. The summed E-state index contributed by atoms with van der Waals surface area (Å²) in [7, 11) is 0. The number of hydrogen-bond acceptors (Lipinski definition) is 4. The van der Waals surface area contributed by atoms with Crippen molar-refractivity contribution in [3.05, 3.63) is 35.2 Å². The van der Waals surface area contributed by atoms with Gasteiger partial charge in [-0.25, -0.2) is 14.1 Å². The molecule has 4 N–H and O–H groups in total. The smallest absolute Gasteiger partial charge is 0.250 e. The normalized spacial score (nSPS) is 10.6. The summed E-state index contributed by atoms with van der Waals surface area (Å²) in [5, 5.41) is 4.04. The van der Waals surface area contributed by atoms with Crippen LogP contribution in [0.25, 0.3) is 5.69 Å². The van der Waals surface area contributed by atoms with E-state index in [4.69, 9.17) is 11.5 Å². The molecule has 0 fully saturated rings. The highest BCUT2D eigenvalue weighted by atomic mass is 19.1. The molecule has 0 saturated heterocycles. The minimum atomic E-state index is -0.719. The van der Waals surface area contributed by atoms with Gasteiger partial charge >= 0.3 is 0 Å². The molecule has 6 nitrogen and oxygen atoms in total. The lowest BCUT2D eigenvalue weighted by molar-refractivity contribution is 0.100. The van der Waals surface area contributed by atoms with Gasteiger partial charge in [0.05, 0.1) is 5.56 Å². The molecule has 1 aromatic carbocycles. The Morgan fingerprint density at radius 1 is 1.39 bits per heavy atom. The van der Waals surface area contributed by atoms with E-state index in [1.54, 1.807) is 13.8 Å². The molecule has 0 spiro atoms. The summed E-state index contributed by atoms with van der Waals surface area (Å²) in [5.74, 6) is -0.301. The molecular weight excluding hydrogens is 237 g/mol. The van der Waals surface area contributed by atoms with Gasteiger partial charge in [-0.2, -0.15) is 5.10 Å². The number of benzene rings is 1. The fraction of sp³-hybridized carbons (Fsp3) is 0.182. The highest BCUT2D eigenvalue weighted by Crippen LogP contribution is 2.21. The van der Waals surface area contributed by atoms with Gasteiger partial charge in [-0.3, -0.25) is 4.79 Å². The van der Waals surface area contributed by atoms with Crippen molar-refractivity contribution in [3.8, 4) is 5.69 Å². The van der Waals surface area contributed by atoms with Crippen LogP contribution in [0.15, 0.2) is 12.1 Å². The standard InChI is InChI=1S/C11H12FN5O/c1-5-15-6(2)17(16-5)10-3-7(11(14)18)9(13)4-8(10)12/h3-4H,13H2,1-2H3,(H2,14,18). The van der Waals surface area contributed by atoms with Crippen LogP contribution in [0.3, 0.4) is 0 Å². The lowest BCUT2D eigenvalue weighted by Crippen LogP contribution is -2.15. The van der Waals surface area contributed by atoms with Crippen LogP contribution >= 0.6 is 0 Å². The first kappa shape index (κ1) is 12.0. The molecule has 18 heavy (non-hydrogen) atoms. The number of nitrogens with two attached hydrogens (primary N) is 2. The first-order valence-corrected chi connectivity index (χ1v) is 5.19. The first-order valence-electron chi connectivity index (χ1n) is 5.19. The van der Waals surface area contributed by atoms with Crippen LogP contribution in [-0.4, -0.2) is 20.7 Å². The third-order valence-electron chi connectivity index (χ3n) is 2.49. The molecule has 0 atom stereocenters. The van der Waals surface area contributed by atoms with E-state index in [-0.39, 0.29) is 16.9 Å². The minimum absolute atomic E-state index is 0.00163. The zero-order valence-electron chi connectivity index (χ0n) is 9.94. The van der Waals surface area contributed by atoms with Crippen molar-refractivity contribution in [3.63, 3.8) is 0 Å². The number of anilines is 1. The number of aryl methyl sites for hydroxylation is 2. The van der Waals surface area contributed by atoms with E-state index >= 15 is 0 Å². The summed E-state index contributed by atoms with van der Waals surface area (Å²) < 4.78 is 15.2. The van der Waals surface area contributed by atoms with E-state index in [2.05, 4.69) is 10.1 Å². The van der Waals surface area contributed by atoms with Crippen LogP contribution in [0.1, 0.15) is 22.0 Å². The highest BCUT2D eigenvalue weighted by Gasteiger charge is 2.15. The van der Waals surface area contributed by atoms with E-state index in [0.717, 1.165) is 6.07 Å². The maximum absolute atomic E-state index is 13.8. The monoisotopic (exact) mass is 249 g/mol. The SMILES string of the molecule is Cc1nc(C)n(-c2cc(C(N)=O)c(N)cc2F)n1. The van der Waals surface area contributed by atoms with Crippen molar-refractivity contribution in [2.24, 2.45) is 5.73 Å². The number of carbonyl (C=O) groups excluding carboxylic acids is 1. The van der Waals surface area contributed by atoms with E-state index in [1.807, 2.05) is 0 Å². The fourth-order valence-electron chi connectivity index (χ4n) is 1.70. The van der Waals surface area contributed by atoms with Crippen LogP contribution < -0.4 is 11.5 Å². The number of halogens is 1. The summed E-state index contributed by atoms with van der Waals surface area (Å²) in [6.45, 7) is 3.37. The van der Waals surface area contributed by atoms with Crippen LogP contribution in [0.5, 0.6) is 0 Å². The van der Waals surface area contributed by atoms with Gasteiger partial charge in [0.1, 0.15) is 17.3 Å². The summed E-state index contributed by atoms with van der Waals surface area (Å²) in [6.07, 6.45) is 0. The van der Waals surface area contributed by atoms with Gasteiger partial charge in [0.2, 0.25) is 0 Å². The molecule has 2 aromatic rings. The van der Waals surface area contributed by atoms with Gasteiger partial charge in [-0.05, 0) is 26.0 Å². The van der Waals surface area contributed by atoms with Crippen molar-refractivity contribution < 1.29 is 9.18 Å². The number of carbonyl (C=O) groups is 1. The molecule has 0 saturated carbocycles. The van der Waals surface area contributed by atoms with E-state index in [0.29, 0.717) is 11.6 Å². The Labute approximate surface area is 102 Å². The summed E-state index contributed by atoms with van der Waals surface area (Å²) in [4.78, 5) is 15.2. The van der Waals surface area contributed by atoms with Crippen molar-refractivity contribution in [1.29, 1.82) is 0 Å². The molecular formula is C11H12FN5O. The predicted octanol–water partition coefficient (Wildman–Crippen LogP) is 0.704. The molecule has 94 valence electrons. The number of nitrogens with zero attached hydrogens (tertiary/aromatic N) is 3. The Balaban J connectivity index is 2.68. The van der Waals surface area contributed by atoms with Crippen LogP contribution in [0.4, 0.5) is 10.1 Å². The lowest BCUT2D eigenvalue weighted by Gasteiger charge is -2.08.